The fourth-order valence-corrected chi connectivity index (χ4v) is 4.70. The van der Waals surface area contributed by atoms with Gasteiger partial charge in [-0.3, -0.25) is 10.1 Å². The predicted octanol–water partition coefficient (Wildman–Crippen LogP) is 4.42. The summed E-state index contributed by atoms with van der Waals surface area (Å²) in [6.45, 7) is 1.75. The van der Waals surface area contributed by atoms with E-state index in [1.807, 2.05) is 6.07 Å². The normalized spacial score (nSPS) is 11.5. The highest BCUT2D eigenvalue weighted by Gasteiger charge is 2.19. The van der Waals surface area contributed by atoms with Gasteiger partial charge in [0.25, 0.3) is 5.69 Å². The molecule has 0 atom stereocenters. The lowest BCUT2D eigenvalue weighted by atomic mass is 10.2. The highest BCUT2D eigenvalue weighted by molar-refractivity contribution is 7.98. The molecule has 0 aliphatic heterocycles. The summed E-state index contributed by atoms with van der Waals surface area (Å²) in [5, 5.41) is 12.1. The van der Waals surface area contributed by atoms with Gasteiger partial charge in [0, 0.05) is 39.7 Å². The Morgan fingerprint density at radius 2 is 1.92 bits per heavy atom. The Morgan fingerprint density at radius 1 is 1.19 bits per heavy atom. The maximum absolute atomic E-state index is 12.3. The average molecular weight is 435 g/mol. The van der Waals surface area contributed by atoms with Gasteiger partial charge in [-0.05, 0) is 30.7 Å². The lowest BCUT2D eigenvalue weighted by Gasteiger charge is -2.08. The van der Waals surface area contributed by atoms with Gasteiger partial charge < -0.3 is 0 Å². The number of nitrogens with one attached hydrogen (secondary N) is 1. The fraction of sp³-hybridized carbons (Fsp3) is 0.250. The molecular weight excluding hydrogens is 419 g/mol. The van der Waals surface area contributed by atoms with Crippen LogP contribution in [0.15, 0.2) is 41.3 Å². The van der Waals surface area contributed by atoms with Crippen LogP contribution in [-0.4, -0.2) is 25.6 Å². The molecular formula is C16H16Cl2N2O4S2. The molecule has 1 N–H and O–H groups in total. The van der Waals surface area contributed by atoms with Crippen molar-refractivity contribution >= 4 is 50.7 Å². The first-order valence-corrected chi connectivity index (χ1v) is 10.9. The third-order valence-electron chi connectivity index (χ3n) is 3.50. The van der Waals surface area contributed by atoms with E-state index in [1.54, 1.807) is 19.1 Å². The molecule has 0 radical (unpaired) electrons. The standard InChI is InChI=1S/C16H16Cl2N2O4S2/c1-11-2-5-14(9-16(11)20(21)22)26(23,24)19-6-7-25-10-12-3-4-13(17)8-15(12)18/h2-5,8-9,19H,6-7,10H2,1H3. The van der Waals surface area contributed by atoms with E-state index >= 15 is 0 Å². The van der Waals surface area contributed by atoms with Crippen LogP contribution >= 0.6 is 35.0 Å². The van der Waals surface area contributed by atoms with E-state index in [2.05, 4.69) is 4.72 Å². The first kappa shape index (κ1) is 21.0. The lowest BCUT2D eigenvalue weighted by molar-refractivity contribution is -0.385. The van der Waals surface area contributed by atoms with Crippen LogP contribution in [0.2, 0.25) is 10.0 Å². The molecule has 0 aliphatic carbocycles. The van der Waals surface area contributed by atoms with Crippen LogP contribution in [0.5, 0.6) is 0 Å². The quantitative estimate of drug-likeness (QED) is 0.377. The molecule has 0 saturated heterocycles. The smallest absolute Gasteiger partial charge is 0.258 e. The number of nitro benzene ring substituents is 1. The van der Waals surface area contributed by atoms with E-state index in [1.165, 1.54) is 23.9 Å². The summed E-state index contributed by atoms with van der Waals surface area (Å²) in [7, 11) is -3.80. The third-order valence-corrected chi connectivity index (χ3v) is 6.55. The SMILES string of the molecule is Cc1ccc(S(=O)(=O)NCCSCc2ccc(Cl)cc2Cl)cc1[N+](=O)[O-]. The van der Waals surface area contributed by atoms with Crippen molar-refractivity contribution in [2.24, 2.45) is 0 Å². The summed E-state index contributed by atoms with van der Waals surface area (Å²) in [6.07, 6.45) is 0. The van der Waals surface area contributed by atoms with Crippen molar-refractivity contribution in [1.29, 1.82) is 0 Å². The van der Waals surface area contributed by atoms with Gasteiger partial charge >= 0.3 is 0 Å². The Morgan fingerprint density at radius 3 is 2.58 bits per heavy atom. The molecule has 6 nitrogen and oxygen atoms in total. The number of hydrogen-bond acceptors (Lipinski definition) is 5. The van der Waals surface area contributed by atoms with E-state index in [0.717, 1.165) is 11.6 Å². The van der Waals surface area contributed by atoms with Crippen molar-refractivity contribution in [3.8, 4) is 0 Å². The van der Waals surface area contributed by atoms with Crippen LogP contribution in [0, 0.1) is 17.0 Å². The number of thioether (sulfide) groups is 1. The van der Waals surface area contributed by atoms with Gasteiger partial charge in [-0.25, -0.2) is 13.1 Å². The zero-order valence-electron chi connectivity index (χ0n) is 13.7. The maximum Gasteiger partial charge on any atom is 0.273 e. The average Bonchev–Trinajstić information content (AvgIpc) is 2.56. The zero-order valence-corrected chi connectivity index (χ0v) is 16.9. The number of aryl methyl sites for hydroxylation is 1. The predicted molar refractivity (Wildman–Crippen MR) is 106 cm³/mol. The summed E-state index contributed by atoms with van der Waals surface area (Å²) >= 11 is 13.4. The topological polar surface area (TPSA) is 89.3 Å². The zero-order chi connectivity index (χ0) is 19.3. The minimum absolute atomic E-state index is 0.124. The number of nitro groups is 1. The second-order valence-electron chi connectivity index (χ2n) is 5.39. The second-order valence-corrected chi connectivity index (χ2v) is 9.11. The number of benzene rings is 2. The molecule has 0 heterocycles. The summed E-state index contributed by atoms with van der Waals surface area (Å²) < 4.78 is 27.0. The second kappa shape index (κ2) is 9.05. The van der Waals surface area contributed by atoms with Gasteiger partial charge in [-0.2, -0.15) is 11.8 Å². The van der Waals surface area contributed by atoms with E-state index < -0.39 is 14.9 Å². The maximum atomic E-state index is 12.3. The Hall–Kier alpha value is -1.32. The number of rotatable bonds is 8. The number of hydrogen-bond donors (Lipinski definition) is 1. The molecule has 0 aromatic heterocycles. The van der Waals surface area contributed by atoms with Gasteiger partial charge in [0.05, 0.1) is 9.82 Å². The van der Waals surface area contributed by atoms with Crippen LogP contribution < -0.4 is 4.72 Å². The molecule has 0 aliphatic rings. The highest BCUT2D eigenvalue weighted by Crippen LogP contribution is 2.25. The van der Waals surface area contributed by atoms with Crippen molar-refractivity contribution in [2.45, 2.75) is 17.6 Å². The Bertz CT molecular complexity index is 920. The number of nitrogens with zero attached hydrogens (tertiary/aromatic N) is 1. The van der Waals surface area contributed by atoms with E-state index in [-0.39, 0.29) is 17.1 Å². The third kappa shape index (κ3) is 5.59. The molecule has 140 valence electrons. The first-order chi connectivity index (χ1) is 12.2. The largest absolute Gasteiger partial charge is 0.273 e. The summed E-state index contributed by atoms with van der Waals surface area (Å²) in [6, 6.07) is 9.07. The van der Waals surface area contributed by atoms with Crippen molar-refractivity contribution in [3.63, 3.8) is 0 Å². The molecule has 0 fully saturated rings. The van der Waals surface area contributed by atoms with Gasteiger partial charge in [0.2, 0.25) is 10.0 Å². The van der Waals surface area contributed by atoms with Crippen LogP contribution in [0.4, 0.5) is 5.69 Å². The monoisotopic (exact) mass is 434 g/mol. The lowest BCUT2D eigenvalue weighted by Crippen LogP contribution is -2.26. The summed E-state index contributed by atoms with van der Waals surface area (Å²) in [5.41, 5.74) is 1.10. The van der Waals surface area contributed by atoms with Crippen LogP contribution in [0.3, 0.4) is 0 Å². The van der Waals surface area contributed by atoms with Gasteiger partial charge in [0.15, 0.2) is 0 Å². The molecule has 10 heteroatoms. The van der Waals surface area contributed by atoms with Crippen LogP contribution in [0.1, 0.15) is 11.1 Å². The van der Waals surface area contributed by atoms with Crippen LogP contribution in [-0.2, 0) is 15.8 Å². The molecule has 2 rings (SSSR count). The van der Waals surface area contributed by atoms with Gasteiger partial charge in [0.1, 0.15) is 0 Å². The highest BCUT2D eigenvalue weighted by atomic mass is 35.5. The number of halogens is 2. The molecule has 0 saturated carbocycles. The van der Waals surface area contributed by atoms with Gasteiger partial charge in [-0.1, -0.05) is 35.3 Å². The Kier molecular flexibility index (Phi) is 7.31. The van der Waals surface area contributed by atoms with Crippen molar-refractivity contribution in [3.05, 3.63) is 67.7 Å². The minimum atomic E-state index is -3.80. The molecule has 0 bridgehead atoms. The van der Waals surface area contributed by atoms with E-state index in [4.69, 9.17) is 23.2 Å². The summed E-state index contributed by atoms with van der Waals surface area (Å²) in [5.74, 6) is 1.14. The fourth-order valence-electron chi connectivity index (χ4n) is 2.11. The van der Waals surface area contributed by atoms with E-state index in [0.29, 0.717) is 27.1 Å². The number of sulfonamides is 1. The molecule has 2 aromatic rings. The molecule has 0 unspecified atom stereocenters. The summed E-state index contributed by atoms with van der Waals surface area (Å²) in [4.78, 5) is 10.2. The van der Waals surface area contributed by atoms with Crippen molar-refractivity contribution in [1.82, 2.24) is 4.72 Å². The van der Waals surface area contributed by atoms with Crippen molar-refractivity contribution in [2.75, 3.05) is 12.3 Å². The molecule has 0 spiro atoms. The molecule has 0 amide bonds. The van der Waals surface area contributed by atoms with Crippen LogP contribution in [0.25, 0.3) is 0 Å². The van der Waals surface area contributed by atoms with E-state index in [9.17, 15) is 18.5 Å². The Balaban J connectivity index is 1.90. The Labute approximate surface area is 166 Å². The first-order valence-electron chi connectivity index (χ1n) is 7.47. The van der Waals surface area contributed by atoms with Gasteiger partial charge in [-0.15, -0.1) is 0 Å². The molecule has 26 heavy (non-hydrogen) atoms. The molecule has 2 aromatic carbocycles. The van der Waals surface area contributed by atoms with Crippen molar-refractivity contribution < 1.29 is 13.3 Å². The minimum Gasteiger partial charge on any atom is -0.258 e.